The van der Waals surface area contributed by atoms with Crippen molar-refractivity contribution in [2.45, 2.75) is 13.8 Å². The third-order valence-electron chi connectivity index (χ3n) is 1.96. The number of nitrogen functional groups attached to an aromatic ring is 1. The lowest BCUT2D eigenvalue weighted by atomic mass is 9.98. The fraction of sp³-hybridized carbons (Fsp3) is 0.182. The maximum absolute atomic E-state index is 11.3. The van der Waals surface area contributed by atoms with Gasteiger partial charge in [0.25, 0.3) is 0 Å². The Morgan fingerprint density at radius 3 is 2.62 bits per heavy atom. The van der Waals surface area contributed by atoms with Crippen molar-refractivity contribution in [3.8, 4) is 0 Å². The van der Waals surface area contributed by atoms with E-state index in [0.29, 0.717) is 11.3 Å². The number of carbonyl (C=O) groups excluding carboxylic acids is 1. The fourth-order valence-corrected chi connectivity index (χ4v) is 1.49. The highest BCUT2D eigenvalue weighted by molar-refractivity contribution is 5.99. The second-order valence-corrected chi connectivity index (χ2v) is 3.06. The van der Waals surface area contributed by atoms with Gasteiger partial charge < -0.3 is 5.73 Å². The molecule has 0 atom stereocenters. The molecule has 0 spiro atoms. The molecule has 0 aromatic heterocycles. The summed E-state index contributed by atoms with van der Waals surface area (Å²) in [6, 6.07) is 3.56. The van der Waals surface area contributed by atoms with Gasteiger partial charge in [0.05, 0.1) is 0 Å². The van der Waals surface area contributed by atoms with Crippen molar-refractivity contribution in [3.05, 3.63) is 35.4 Å². The predicted octanol–water partition coefficient (Wildman–Crippen LogP) is 2.42. The lowest BCUT2D eigenvalue weighted by molar-refractivity contribution is 0.101. The van der Waals surface area contributed by atoms with E-state index in [9.17, 15) is 4.79 Å². The van der Waals surface area contributed by atoms with Crippen LogP contribution in [-0.4, -0.2) is 5.78 Å². The minimum Gasteiger partial charge on any atom is -0.399 e. The molecule has 0 unspecified atom stereocenters. The molecular weight excluding hydrogens is 162 g/mol. The van der Waals surface area contributed by atoms with E-state index < -0.39 is 0 Å². The predicted molar refractivity (Wildman–Crippen MR) is 55.7 cm³/mol. The van der Waals surface area contributed by atoms with Gasteiger partial charge in [-0.15, -0.1) is 0 Å². The molecule has 13 heavy (non-hydrogen) atoms. The molecule has 1 rings (SSSR count). The summed E-state index contributed by atoms with van der Waals surface area (Å²) in [7, 11) is 0. The molecule has 0 saturated heterocycles. The molecule has 0 aliphatic rings. The van der Waals surface area contributed by atoms with Crippen LogP contribution in [0.4, 0.5) is 5.69 Å². The van der Waals surface area contributed by atoms with Gasteiger partial charge in [-0.05, 0) is 37.1 Å². The van der Waals surface area contributed by atoms with E-state index in [2.05, 4.69) is 6.58 Å². The summed E-state index contributed by atoms with van der Waals surface area (Å²) in [6.45, 7) is 7.07. The number of aryl methyl sites for hydroxylation is 1. The summed E-state index contributed by atoms with van der Waals surface area (Å²) in [5.41, 5.74) is 8.74. The Labute approximate surface area is 78.1 Å². The number of hydrogen-bond donors (Lipinski definition) is 1. The molecule has 2 N–H and O–H groups in total. The highest BCUT2D eigenvalue weighted by Gasteiger charge is 2.08. The first kappa shape index (κ1) is 9.52. The van der Waals surface area contributed by atoms with Crippen LogP contribution in [0.15, 0.2) is 18.7 Å². The van der Waals surface area contributed by atoms with Gasteiger partial charge in [-0.1, -0.05) is 12.7 Å². The van der Waals surface area contributed by atoms with Crippen LogP contribution in [0, 0.1) is 6.92 Å². The van der Waals surface area contributed by atoms with E-state index in [0.717, 1.165) is 11.1 Å². The highest BCUT2D eigenvalue weighted by atomic mass is 16.1. The number of carbonyl (C=O) groups is 1. The standard InChI is InChI=1S/C11H13NO/c1-4-9-6-10(12)5-7(2)11(9)8(3)13/h4-6H,1,12H2,2-3H3. The van der Waals surface area contributed by atoms with Gasteiger partial charge in [0.2, 0.25) is 0 Å². The quantitative estimate of drug-likeness (QED) is 0.554. The third kappa shape index (κ3) is 1.78. The van der Waals surface area contributed by atoms with Gasteiger partial charge in [-0.3, -0.25) is 4.79 Å². The number of benzene rings is 1. The molecule has 68 valence electrons. The molecular formula is C11H13NO. The Kier molecular flexibility index (Phi) is 2.52. The molecule has 2 nitrogen and oxygen atoms in total. The van der Waals surface area contributed by atoms with Crippen LogP contribution in [0.1, 0.15) is 28.4 Å². The van der Waals surface area contributed by atoms with Gasteiger partial charge >= 0.3 is 0 Å². The summed E-state index contributed by atoms with van der Waals surface area (Å²) < 4.78 is 0. The molecule has 0 aliphatic carbocycles. The third-order valence-corrected chi connectivity index (χ3v) is 1.96. The number of rotatable bonds is 2. The molecule has 0 amide bonds. The van der Waals surface area contributed by atoms with Crippen molar-refractivity contribution in [2.24, 2.45) is 0 Å². The summed E-state index contributed by atoms with van der Waals surface area (Å²) >= 11 is 0. The Morgan fingerprint density at radius 2 is 2.15 bits per heavy atom. The van der Waals surface area contributed by atoms with Crippen molar-refractivity contribution >= 4 is 17.5 Å². The zero-order valence-corrected chi connectivity index (χ0v) is 7.92. The van der Waals surface area contributed by atoms with Crippen LogP contribution in [0.25, 0.3) is 6.08 Å². The number of Topliss-reactive ketones (excluding diaryl/α,β-unsaturated/α-hetero) is 1. The normalized spacial score (nSPS) is 9.69. The van der Waals surface area contributed by atoms with Crippen LogP contribution in [0.3, 0.4) is 0 Å². The number of nitrogens with two attached hydrogens (primary N) is 1. The summed E-state index contributed by atoms with van der Waals surface area (Å²) in [6.07, 6.45) is 1.65. The zero-order valence-electron chi connectivity index (χ0n) is 7.92. The average Bonchev–Trinajstić information content (AvgIpc) is 2.01. The summed E-state index contributed by atoms with van der Waals surface area (Å²) in [4.78, 5) is 11.3. The van der Waals surface area contributed by atoms with E-state index >= 15 is 0 Å². The number of hydrogen-bond acceptors (Lipinski definition) is 2. The second-order valence-electron chi connectivity index (χ2n) is 3.06. The molecule has 0 fully saturated rings. The first-order valence-corrected chi connectivity index (χ1v) is 4.09. The topological polar surface area (TPSA) is 43.1 Å². The van der Waals surface area contributed by atoms with Crippen LogP contribution in [0.2, 0.25) is 0 Å². The van der Waals surface area contributed by atoms with Crippen LogP contribution in [-0.2, 0) is 0 Å². The Hall–Kier alpha value is -1.57. The highest BCUT2D eigenvalue weighted by Crippen LogP contribution is 2.20. The fourth-order valence-electron chi connectivity index (χ4n) is 1.49. The van der Waals surface area contributed by atoms with Crippen LogP contribution < -0.4 is 5.73 Å². The largest absolute Gasteiger partial charge is 0.399 e. The maximum atomic E-state index is 11.3. The lowest BCUT2D eigenvalue weighted by Gasteiger charge is -2.07. The Morgan fingerprint density at radius 1 is 1.54 bits per heavy atom. The van der Waals surface area contributed by atoms with Crippen molar-refractivity contribution in [3.63, 3.8) is 0 Å². The number of anilines is 1. The molecule has 1 aromatic carbocycles. The molecule has 0 bridgehead atoms. The van der Waals surface area contributed by atoms with Gasteiger partial charge in [-0.25, -0.2) is 0 Å². The minimum absolute atomic E-state index is 0.0485. The zero-order chi connectivity index (χ0) is 10.0. The van der Waals surface area contributed by atoms with Crippen molar-refractivity contribution in [1.82, 2.24) is 0 Å². The molecule has 1 aromatic rings. The van der Waals surface area contributed by atoms with E-state index in [1.165, 1.54) is 0 Å². The van der Waals surface area contributed by atoms with Gasteiger partial charge in [-0.2, -0.15) is 0 Å². The monoisotopic (exact) mass is 175 g/mol. The SMILES string of the molecule is C=Cc1cc(N)cc(C)c1C(C)=O. The first-order valence-electron chi connectivity index (χ1n) is 4.09. The average molecular weight is 175 g/mol. The van der Waals surface area contributed by atoms with Gasteiger partial charge in [0.1, 0.15) is 0 Å². The van der Waals surface area contributed by atoms with Crippen molar-refractivity contribution in [2.75, 3.05) is 5.73 Å². The molecule has 2 heteroatoms. The van der Waals surface area contributed by atoms with Gasteiger partial charge in [0.15, 0.2) is 5.78 Å². The second kappa shape index (κ2) is 3.44. The summed E-state index contributed by atoms with van der Waals surface area (Å²) in [5.74, 6) is 0.0485. The molecule has 0 aliphatic heterocycles. The first-order chi connectivity index (χ1) is 6.06. The molecule has 0 radical (unpaired) electrons. The van der Waals surface area contributed by atoms with Crippen molar-refractivity contribution < 1.29 is 4.79 Å². The van der Waals surface area contributed by atoms with Crippen molar-refractivity contribution in [1.29, 1.82) is 0 Å². The minimum atomic E-state index is 0.0485. The molecule has 0 heterocycles. The Bertz CT molecular complexity index is 367. The lowest BCUT2D eigenvalue weighted by Crippen LogP contribution is -2.01. The van der Waals surface area contributed by atoms with E-state index in [1.54, 1.807) is 25.1 Å². The van der Waals surface area contributed by atoms with E-state index in [1.807, 2.05) is 6.92 Å². The Balaban J connectivity index is 3.47. The van der Waals surface area contributed by atoms with E-state index in [-0.39, 0.29) is 5.78 Å². The van der Waals surface area contributed by atoms with Crippen LogP contribution in [0.5, 0.6) is 0 Å². The van der Waals surface area contributed by atoms with Gasteiger partial charge in [0, 0.05) is 11.3 Å². The number of ketones is 1. The molecule has 0 saturated carbocycles. The van der Waals surface area contributed by atoms with E-state index in [4.69, 9.17) is 5.73 Å². The maximum Gasteiger partial charge on any atom is 0.160 e. The summed E-state index contributed by atoms with van der Waals surface area (Å²) in [5, 5.41) is 0. The van der Waals surface area contributed by atoms with Crippen LogP contribution >= 0.6 is 0 Å². The smallest absolute Gasteiger partial charge is 0.160 e.